The molecule has 1 aromatic carbocycles. The van der Waals surface area contributed by atoms with Crippen LogP contribution in [0.4, 0.5) is 10.2 Å². The van der Waals surface area contributed by atoms with E-state index in [1.165, 1.54) is 12.1 Å². The van der Waals surface area contributed by atoms with Gasteiger partial charge in [0.2, 0.25) is 0 Å². The summed E-state index contributed by atoms with van der Waals surface area (Å²) in [6, 6.07) is 4.44. The molecular weight excluding hydrogens is 255 g/mol. The number of benzene rings is 1. The van der Waals surface area contributed by atoms with Gasteiger partial charge in [-0.05, 0) is 24.1 Å². The SMILES string of the molecule is CC(C)c1c(N)nnn1Cc1cc(Cl)ccc1F. The first-order valence-corrected chi connectivity index (χ1v) is 5.99. The topological polar surface area (TPSA) is 56.7 Å². The summed E-state index contributed by atoms with van der Waals surface area (Å²) in [5, 5.41) is 8.25. The van der Waals surface area contributed by atoms with Gasteiger partial charge in [0.05, 0.1) is 12.2 Å². The van der Waals surface area contributed by atoms with Gasteiger partial charge in [-0.15, -0.1) is 5.10 Å². The van der Waals surface area contributed by atoms with Gasteiger partial charge < -0.3 is 5.73 Å². The Balaban J connectivity index is 2.37. The molecule has 0 radical (unpaired) electrons. The summed E-state index contributed by atoms with van der Waals surface area (Å²) in [7, 11) is 0. The van der Waals surface area contributed by atoms with E-state index in [-0.39, 0.29) is 18.3 Å². The minimum atomic E-state index is -0.317. The van der Waals surface area contributed by atoms with E-state index in [4.69, 9.17) is 17.3 Å². The lowest BCUT2D eigenvalue weighted by atomic mass is 10.1. The van der Waals surface area contributed by atoms with Crippen LogP contribution in [0.3, 0.4) is 0 Å². The van der Waals surface area contributed by atoms with Crippen LogP contribution in [-0.2, 0) is 6.54 Å². The Kier molecular flexibility index (Phi) is 3.52. The van der Waals surface area contributed by atoms with E-state index in [1.807, 2.05) is 13.8 Å². The van der Waals surface area contributed by atoms with Gasteiger partial charge in [0.15, 0.2) is 5.82 Å². The van der Waals surface area contributed by atoms with E-state index in [1.54, 1.807) is 10.7 Å². The van der Waals surface area contributed by atoms with Crippen molar-refractivity contribution in [2.45, 2.75) is 26.3 Å². The molecular formula is C12H14ClFN4. The van der Waals surface area contributed by atoms with Gasteiger partial charge in [0.25, 0.3) is 0 Å². The summed E-state index contributed by atoms with van der Waals surface area (Å²) in [6.45, 7) is 4.24. The predicted octanol–water partition coefficient (Wildman–Crippen LogP) is 2.82. The van der Waals surface area contributed by atoms with Crippen molar-refractivity contribution in [3.8, 4) is 0 Å². The number of anilines is 1. The molecule has 6 heteroatoms. The average molecular weight is 269 g/mol. The predicted molar refractivity (Wildman–Crippen MR) is 69.0 cm³/mol. The quantitative estimate of drug-likeness (QED) is 0.931. The van der Waals surface area contributed by atoms with Gasteiger partial charge in [-0.1, -0.05) is 30.7 Å². The molecule has 0 atom stereocenters. The largest absolute Gasteiger partial charge is 0.381 e. The molecule has 2 aromatic rings. The number of halogens is 2. The Morgan fingerprint density at radius 2 is 2.17 bits per heavy atom. The highest BCUT2D eigenvalue weighted by atomic mass is 35.5. The van der Waals surface area contributed by atoms with Gasteiger partial charge >= 0.3 is 0 Å². The Morgan fingerprint density at radius 3 is 2.83 bits per heavy atom. The van der Waals surface area contributed by atoms with Crippen molar-refractivity contribution in [3.05, 3.63) is 40.3 Å². The second-order valence-electron chi connectivity index (χ2n) is 4.41. The molecule has 0 saturated carbocycles. The molecule has 1 aromatic heterocycles. The first-order chi connectivity index (χ1) is 8.49. The Morgan fingerprint density at radius 1 is 1.44 bits per heavy atom. The van der Waals surface area contributed by atoms with E-state index in [0.717, 1.165) is 5.69 Å². The third-order valence-corrected chi connectivity index (χ3v) is 2.91. The van der Waals surface area contributed by atoms with Crippen LogP contribution in [0.2, 0.25) is 5.02 Å². The summed E-state index contributed by atoms with van der Waals surface area (Å²) in [5.41, 5.74) is 7.02. The van der Waals surface area contributed by atoms with E-state index in [0.29, 0.717) is 16.4 Å². The molecule has 0 aliphatic heterocycles. The van der Waals surface area contributed by atoms with Crippen LogP contribution in [0.15, 0.2) is 18.2 Å². The minimum absolute atomic E-state index is 0.169. The van der Waals surface area contributed by atoms with Crippen molar-refractivity contribution in [1.82, 2.24) is 15.0 Å². The fourth-order valence-corrected chi connectivity index (χ4v) is 2.06. The summed E-state index contributed by atoms with van der Waals surface area (Å²) < 4.78 is 15.2. The third kappa shape index (κ3) is 2.46. The maximum absolute atomic E-state index is 13.6. The number of aromatic nitrogens is 3. The molecule has 0 fully saturated rings. The van der Waals surface area contributed by atoms with E-state index in [9.17, 15) is 4.39 Å². The molecule has 4 nitrogen and oxygen atoms in total. The zero-order valence-electron chi connectivity index (χ0n) is 10.2. The fourth-order valence-electron chi connectivity index (χ4n) is 1.87. The van der Waals surface area contributed by atoms with Gasteiger partial charge in [-0.25, -0.2) is 9.07 Å². The lowest BCUT2D eigenvalue weighted by Crippen LogP contribution is -2.10. The van der Waals surface area contributed by atoms with E-state index in [2.05, 4.69) is 10.3 Å². The summed E-state index contributed by atoms with van der Waals surface area (Å²) in [6.07, 6.45) is 0. The molecule has 0 spiro atoms. The van der Waals surface area contributed by atoms with Gasteiger partial charge in [-0.3, -0.25) is 0 Å². The summed E-state index contributed by atoms with van der Waals surface area (Å²) in [4.78, 5) is 0. The zero-order chi connectivity index (χ0) is 13.3. The maximum Gasteiger partial charge on any atom is 0.169 e. The second-order valence-corrected chi connectivity index (χ2v) is 4.84. The number of rotatable bonds is 3. The summed E-state index contributed by atoms with van der Waals surface area (Å²) >= 11 is 5.85. The molecule has 2 rings (SSSR count). The van der Waals surface area contributed by atoms with Crippen molar-refractivity contribution < 1.29 is 4.39 Å². The van der Waals surface area contributed by atoms with Crippen LogP contribution < -0.4 is 5.73 Å². The number of hydrogen-bond donors (Lipinski definition) is 1. The minimum Gasteiger partial charge on any atom is -0.381 e. The standard InChI is InChI=1S/C12H14ClFN4/c1-7(2)11-12(15)16-17-18(11)6-8-5-9(13)3-4-10(8)14/h3-5,7H,6,15H2,1-2H3. The lowest BCUT2D eigenvalue weighted by molar-refractivity contribution is 0.557. The Labute approximate surface area is 110 Å². The van der Waals surface area contributed by atoms with E-state index >= 15 is 0 Å². The van der Waals surface area contributed by atoms with Crippen LogP contribution in [0.1, 0.15) is 31.0 Å². The molecule has 96 valence electrons. The first-order valence-electron chi connectivity index (χ1n) is 5.62. The highest BCUT2D eigenvalue weighted by Crippen LogP contribution is 2.22. The molecule has 0 amide bonds. The van der Waals surface area contributed by atoms with Crippen molar-refractivity contribution in [1.29, 1.82) is 0 Å². The molecule has 0 aliphatic carbocycles. The van der Waals surface area contributed by atoms with Crippen molar-refractivity contribution in [3.63, 3.8) is 0 Å². The van der Waals surface area contributed by atoms with Gasteiger partial charge in [-0.2, -0.15) is 0 Å². The summed E-state index contributed by atoms with van der Waals surface area (Å²) in [5.74, 6) is 0.234. The highest BCUT2D eigenvalue weighted by Gasteiger charge is 2.15. The molecule has 2 N–H and O–H groups in total. The third-order valence-electron chi connectivity index (χ3n) is 2.68. The molecule has 18 heavy (non-hydrogen) atoms. The van der Waals surface area contributed by atoms with Gasteiger partial charge in [0, 0.05) is 10.6 Å². The maximum atomic E-state index is 13.6. The van der Waals surface area contributed by atoms with Crippen molar-refractivity contribution in [2.24, 2.45) is 0 Å². The number of nitrogens with zero attached hydrogens (tertiary/aromatic N) is 3. The Bertz CT molecular complexity index is 565. The number of hydrogen-bond acceptors (Lipinski definition) is 3. The molecule has 0 unspecified atom stereocenters. The molecule has 1 heterocycles. The lowest BCUT2D eigenvalue weighted by Gasteiger charge is -2.10. The average Bonchev–Trinajstić information content (AvgIpc) is 2.65. The second kappa shape index (κ2) is 4.94. The van der Waals surface area contributed by atoms with Crippen molar-refractivity contribution >= 4 is 17.4 Å². The normalized spacial score (nSPS) is 11.2. The molecule has 0 bridgehead atoms. The van der Waals surface area contributed by atoms with Crippen molar-refractivity contribution in [2.75, 3.05) is 5.73 Å². The van der Waals surface area contributed by atoms with Crippen LogP contribution in [0.25, 0.3) is 0 Å². The van der Waals surface area contributed by atoms with Crippen LogP contribution in [0, 0.1) is 5.82 Å². The highest BCUT2D eigenvalue weighted by molar-refractivity contribution is 6.30. The molecule has 0 saturated heterocycles. The smallest absolute Gasteiger partial charge is 0.169 e. The Hall–Kier alpha value is -1.62. The number of nitrogens with two attached hydrogens (primary N) is 1. The van der Waals surface area contributed by atoms with Crippen LogP contribution in [-0.4, -0.2) is 15.0 Å². The number of nitrogen functional groups attached to an aromatic ring is 1. The first kappa shape index (κ1) is 12.8. The molecule has 0 aliphatic rings. The van der Waals surface area contributed by atoms with Crippen LogP contribution in [0.5, 0.6) is 0 Å². The zero-order valence-corrected chi connectivity index (χ0v) is 10.9. The van der Waals surface area contributed by atoms with Crippen LogP contribution >= 0.6 is 11.6 Å². The van der Waals surface area contributed by atoms with Gasteiger partial charge in [0.1, 0.15) is 5.82 Å². The van der Waals surface area contributed by atoms with E-state index < -0.39 is 0 Å². The monoisotopic (exact) mass is 268 g/mol. The fraction of sp³-hybridized carbons (Fsp3) is 0.333.